The second kappa shape index (κ2) is 7.31. The molecule has 1 rings (SSSR count). The molecule has 0 amide bonds. The van der Waals surface area contributed by atoms with E-state index in [-0.39, 0.29) is 17.8 Å². The van der Waals surface area contributed by atoms with Crippen molar-refractivity contribution in [2.24, 2.45) is 11.1 Å². The molecule has 0 bridgehead atoms. The van der Waals surface area contributed by atoms with E-state index in [2.05, 4.69) is 0 Å². The maximum Gasteiger partial charge on any atom is 0.209 e. The molecule has 5 nitrogen and oxygen atoms in total. The topological polar surface area (TPSA) is 78.6 Å². The van der Waals surface area contributed by atoms with E-state index < -0.39 is 10.0 Å². The van der Waals surface area contributed by atoms with Gasteiger partial charge in [0.2, 0.25) is 10.0 Å². The lowest BCUT2D eigenvalue weighted by atomic mass is 10.1. The molecule has 1 fully saturated rings. The van der Waals surface area contributed by atoms with Gasteiger partial charge in [-0.1, -0.05) is 13.3 Å². The van der Waals surface area contributed by atoms with Gasteiger partial charge in [-0.3, -0.25) is 0 Å². The smallest absolute Gasteiger partial charge is 0.209 e. The fraction of sp³-hybridized carbons (Fsp3) is 1.00. The van der Waals surface area contributed by atoms with Crippen LogP contribution in [0.1, 0.15) is 32.6 Å². The summed E-state index contributed by atoms with van der Waals surface area (Å²) in [5.74, 6) is -0.0248. The Kier molecular flexibility index (Phi) is 6.40. The Morgan fingerprint density at radius 3 is 2.76 bits per heavy atom. The highest BCUT2D eigenvalue weighted by Crippen LogP contribution is 2.13. The third-order valence-electron chi connectivity index (χ3n) is 2.98. The molecule has 17 heavy (non-hydrogen) atoms. The summed E-state index contributed by atoms with van der Waals surface area (Å²) in [6, 6.07) is 0. The van der Waals surface area contributed by atoms with E-state index in [4.69, 9.17) is 14.6 Å². The van der Waals surface area contributed by atoms with Crippen molar-refractivity contribution in [1.29, 1.82) is 0 Å². The van der Waals surface area contributed by atoms with Gasteiger partial charge in [0.05, 0.1) is 25.1 Å². The first-order valence-corrected chi connectivity index (χ1v) is 7.92. The standard InChI is InChI=1S/C11H23NO4S/c1-2-10(9-17(12,13)14)7-15-8-11-5-3-4-6-16-11/h10-11H,2-9H2,1H3,(H2,12,13,14). The summed E-state index contributed by atoms with van der Waals surface area (Å²) in [4.78, 5) is 0. The number of ether oxygens (including phenoxy) is 2. The molecule has 1 saturated heterocycles. The molecule has 2 N–H and O–H groups in total. The Hall–Kier alpha value is -0.170. The van der Waals surface area contributed by atoms with Gasteiger partial charge in [-0.25, -0.2) is 13.6 Å². The van der Waals surface area contributed by atoms with Gasteiger partial charge in [0.25, 0.3) is 0 Å². The molecular weight excluding hydrogens is 242 g/mol. The van der Waals surface area contributed by atoms with Crippen LogP contribution in [-0.4, -0.2) is 40.1 Å². The Labute approximate surface area is 104 Å². The Balaban J connectivity index is 2.18. The van der Waals surface area contributed by atoms with Crippen LogP contribution in [-0.2, 0) is 19.5 Å². The van der Waals surface area contributed by atoms with Gasteiger partial charge >= 0.3 is 0 Å². The van der Waals surface area contributed by atoms with E-state index >= 15 is 0 Å². The first-order valence-electron chi connectivity index (χ1n) is 6.21. The number of hydrogen-bond acceptors (Lipinski definition) is 4. The third kappa shape index (κ3) is 6.98. The highest BCUT2D eigenvalue weighted by atomic mass is 32.2. The molecule has 0 saturated carbocycles. The molecule has 0 aromatic heterocycles. The van der Waals surface area contributed by atoms with Crippen LogP contribution in [0.25, 0.3) is 0 Å². The fourth-order valence-electron chi connectivity index (χ4n) is 1.92. The molecule has 0 aliphatic carbocycles. The van der Waals surface area contributed by atoms with Crippen LogP contribution in [0.2, 0.25) is 0 Å². The van der Waals surface area contributed by atoms with Crippen LogP contribution in [0.15, 0.2) is 0 Å². The first kappa shape index (κ1) is 14.9. The molecular formula is C11H23NO4S. The second-order valence-corrected chi connectivity index (χ2v) is 6.29. The summed E-state index contributed by atoms with van der Waals surface area (Å²) in [7, 11) is -3.40. The van der Waals surface area contributed by atoms with Crippen molar-refractivity contribution >= 4 is 10.0 Å². The molecule has 0 spiro atoms. The van der Waals surface area contributed by atoms with Crippen molar-refractivity contribution < 1.29 is 17.9 Å². The summed E-state index contributed by atoms with van der Waals surface area (Å²) in [5.41, 5.74) is 0. The zero-order valence-corrected chi connectivity index (χ0v) is 11.2. The number of hydrogen-bond donors (Lipinski definition) is 1. The van der Waals surface area contributed by atoms with Crippen molar-refractivity contribution in [1.82, 2.24) is 0 Å². The van der Waals surface area contributed by atoms with E-state index in [0.29, 0.717) is 13.2 Å². The van der Waals surface area contributed by atoms with Gasteiger partial charge in [0.15, 0.2) is 0 Å². The first-order chi connectivity index (χ1) is 8.01. The summed E-state index contributed by atoms with van der Waals surface area (Å²) in [6.07, 6.45) is 4.27. The zero-order chi connectivity index (χ0) is 12.7. The zero-order valence-electron chi connectivity index (χ0n) is 10.4. The number of sulfonamides is 1. The summed E-state index contributed by atoms with van der Waals surface area (Å²) in [6.45, 7) is 3.74. The number of primary sulfonamides is 1. The van der Waals surface area contributed by atoms with E-state index in [1.165, 1.54) is 6.42 Å². The van der Waals surface area contributed by atoms with Crippen LogP contribution in [0.3, 0.4) is 0 Å². The minimum absolute atomic E-state index is 0.00494. The van der Waals surface area contributed by atoms with Crippen LogP contribution >= 0.6 is 0 Å². The van der Waals surface area contributed by atoms with Crippen molar-refractivity contribution in [3.05, 3.63) is 0 Å². The van der Waals surface area contributed by atoms with Gasteiger partial charge in [-0.15, -0.1) is 0 Å². The quantitative estimate of drug-likeness (QED) is 0.741. The Bertz CT molecular complexity index is 299. The van der Waals surface area contributed by atoms with Crippen molar-refractivity contribution in [2.45, 2.75) is 38.7 Å². The minimum Gasteiger partial charge on any atom is -0.378 e. The third-order valence-corrected chi connectivity index (χ3v) is 3.91. The Morgan fingerprint density at radius 1 is 1.47 bits per heavy atom. The SMILES string of the molecule is CCC(COCC1CCCCO1)CS(N)(=O)=O. The maximum absolute atomic E-state index is 11.0. The molecule has 2 unspecified atom stereocenters. The van der Waals surface area contributed by atoms with Crippen LogP contribution < -0.4 is 5.14 Å². The van der Waals surface area contributed by atoms with Gasteiger partial charge in [-0.2, -0.15) is 0 Å². The van der Waals surface area contributed by atoms with Crippen LogP contribution in [0.5, 0.6) is 0 Å². The van der Waals surface area contributed by atoms with Gasteiger partial charge in [0, 0.05) is 6.61 Å². The molecule has 2 atom stereocenters. The van der Waals surface area contributed by atoms with Crippen molar-refractivity contribution in [3.63, 3.8) is 0 Å². The number of nitrogens with two attached hydrogens (primary N) is 1. The molecule has 0 aromatic rings. The Morgan fingerprint density at radius 2 is 2.24 bits per heavy atom. The van der Waals surface area contributed by atoms with E-state index in [9.17, 15) is 8.42 Å². The molecule has 1 aliphatic heterocycles. The molecule has 6 heteroatoms. The lowest BCUT2D eigenvalue weighted by molar-refractivity contribution is -0.0458. The monoisotopic (exact) mass is 265 g/mol. The summed E-state index contributed by atoms with van der Waals surface area (Å²) < 4.78 is 33.0. The molecule has 102 valence electrons. The molecule has 1 aliphatic rings. The average Bonchev–Trinajstić information content (AvgIpc) is 2.27. The van der Waals surface area contributed by atoms with Crippen molar-refractivity contribution in [3.8, 4) is 0 Å². The highest BCUT2D eigenvalue weighted by molar-refractivity contribution is 7.89. The summed E-state index contributed by atoms with van der Waals surface area (Å²) in [5, 5.41) is 5.02. The second-order valence-electron chi connectivity index (χ2n) is 4.63. The predicted octanol–water partition coefficient (Wildman–Crippen LogP) is 0.887. The lowest BCUT2D eigenvalue weighted by Crippen LogP contribution is -2.29. The van der Waals surface area contributed by atoms with E-state index in [1.807, 2.05) is 6.92 Å². The van der Waals surface area contributed by atoms with E-state index in [0.717, 1.165) is 25.9 Å². The van der Waals surface area contributed by atoms with Crippen molar-refractivity contribution in [2.75, 3.05) is 25.6 Å². The normalized spacial score (nSPS) is 23.5. The van der Waals surface area contributed by atoms with Crippen LogP contribution in [0.4, 0.5) is 0 Å². The van der Waals surface area contributed by atoms with Crippen LogP contribution in [0, 0.1) is 5.92 Å². The minimum atomic E-state index is -3.40. The molecule has 0 radical (unpaired) electrons. The summed E-state index contributed by atoms with van der Waals surface area (Å²) >= 11 is 0. The molecule has 0 aromatic carbocycles. The average molecular weight is 265 g/mol. The predicted molar refractivity (Wildman–Crippen MR) is 66.2 cm³/mol. The van der Waals surface area contributed by atoms with E-state index in [1.54, 1.807) is 0 Å². The highest BCUT2D eigenvalue weighted by Gasteiger charge is 2.17. The molecule has 1 heterocycles. The van der Waals surface area contributed by atoms with Gasteiger partial charge in [-0.05, 0) is 25.2 Å². The largest absolute Gasteiger partial charge is 0.378 e. The van der Waals surface area contributed by atoms with Gasteiger partial charge in [0.1, 0.15) is 0 Å². The number of rotatable bonds is 7. The fourth-order valence-corrected chi connectivity index (χ4v) is 2.91. The van der Waals surface area contributed by atoms with Gasteiger partial charge < -0.3 is 9.47 Å². The lowest BCUT2D eigenvalue weighted by Gasteiger charge is -2.23. The maximum atomic E-state index is 11.0.